The molecule has 2 heterocycles. The molecule has 9 heteroatoms. The molecule has 4 rings (SSSR count). The normalized spacial score (nSPS) is 15.1. The fraction of sp³-hybridized carbons (Fsp3) is 0.318. The molecule has 1 saturated heterocycles. The van der Waals surface area contributed by atoms with E-state index in [2.05, 4.69) is 25.2 Å². The molecule has 160 valence electrons. The number of benzene rings is 2. The Kier molecular flexibility index (Phi) is 6.20. The van der Waals surface area contributed by atoms with E-state index in [0.29, 0.717) is 11.4 Å². The number of alkyl halides is 3. The molecule has 0 saturated carbocycles. The van der Waals surface area contributed by atoms with Gasteiger partial charge in [0.05, 0.1) is 17.2 Å². The van der Waals surface area contributed by atoms with Crippen LogP contribution in [0, 0.1) is 11.3 Å². The summed E-state index contributed by atoms with van der Waals surface area (Å²) in [6.07, 6.45) is -3.57. The van der Waals surface area contributed by atoms with E-state index in [1.807, 2.05) is 12.1 Å². The number of piperazine rings is 1. The Labute approximate surface area is 182 Å². The lowest BCUT2D eigenvalue weighted by Gasteiger charge is -2.34. The summed E-state index contributed by atoms with van der Waals surface area (Å²) in [7, 11) is 0. The third kappa shape index (κ3) is 5.21. The van der Waals surface area contributed by atoms with Crippen molar-refractivity contribution >= 4 is 16.7 Å². The Bertz CT molecular complexity index is 1050. The largest absolute Gasteiger partial charge is 0.416 e. The summed E-state index contributed by atoms with van der Waals surface area (Å²) in [4.78, 5) is 9.17. The van der Waals surface area contributed by atoms with Crippen molar-refractivity contribution in [2.75, 3.05) is 37.6 Å². The first kappa shape index (κ1) is 21.3. The predicted octanol–water partition coefficient (Wildman–Crippen LogP) is 4.46. The van der Waals surface area contributed by atoms with Gasteiger partial charge in [0.2, 0.25) is 5.13 Å². The maximum absolute atomic E-state index is 12.7. The van der Waals surface area contributed by atoms with Gasteiger partial charge in [0, 0.05) is 49.8 Å². The van der Waals surface area contributed by atoms with Crippen LogP contribution in [-0.4, -0.2) is 47.0 Å². The number of hydrogen-bond donors (Lipinski definition) is 0. The topological polar surface area (TPSA) is 56.1 Å². The summed E-state index contributed by atoms with van der Waals surface area (Å²) in [6.45, 7) is 4.20. The van der Waals surface area contributed by atoms with Crippen molar-refractivity contribution in [1.29, 1.82) is 5.26 Å². The molecule has 0 radical (unpaired) electrons. The van der Waals surface area contributed by atoms with E-state index in [1.165, 1.54) is 11.5 Å². The van der Waals surface area contributed by atoms with Crippen LogP contribution in [0.1, 0.15) is 16.7 Å². The average molecular weight is 443 g/mol. The molecular formula is C22H20F3N5S. The molecule has 2 aromatic carbocycles. The number of halogens is 3. The molecule has 0 aliphatic carbocycles. The van der Waals surface area contributed by atoms with Gasteiger partial charge in [-0.15, -0.1) is 0 Å². The van der Waals surface area contributed by atoms with Gasteiger partial charge in [-0.25, -0.2) is 0 Å². The van der Waals surface area contributed by atoms with E-state index in [0.717, 1.165) is 67.5 Å². The van der Waals surface area contributed by atoms with Gasteiger partial charge in [0.15, 0.2) is 5.82 Å². The maximum atomic E-state index is 12.7. The first-order valence-electron chi connectivity index (χ1n) is 9.90. The van der Waals surface area contributed by atoms with E-state index in [-0.39, 0.29) is 0 Å². The molecule has 1 aliphatic heterocycles. The number of nitrogens with zero attached hydrogens (tertiary/aromatic N) is 5. The van der Waals surface area contributed by atoms with Crippen molar-refractivity contribution in [3.63, 3.8) is 0 Å². The number of nitriles is 1. The zero-order valence-corrected chi connectivity index (χ0v) is 17.5. The van der Waals surface area contributed by atoms with Gasteiger partial charge in [-0.05, 0) is 48.4 Å². The second-order valence-corrected chi connectivity index (χ2v) is 8.09. The molecule has 1 aliphatic rings. The number of hydrogen-bond acceptors (Lipinski definition) is 6. The highest BCUT2D eigenvalue weighted by atomic mass is 32.1. The molecule has 1 aromatic heterocycles. The van der Waals surface area contributed by atoms with Gasteiger partial charge in [-0.3, -0.25) is 4.90 Å². The Morgan fingerprint density at radius 2 is 1.65 bits per heavy atom. The SMILES string of the molecule is N#Cc1ccc(-c2nsc(N3CCN(CCc4ccc(C(F)(F)F)cc4)CC3)n2)cc1. The third-order valence-corrected chi connectivity index (χ3v) is 6.11. The second kappa shape index (κ2) is 9.04. The van der Waals surface area contributed by atoms with Crippen LogP contribution in [0.4, 0.5) is 18.3 Å². The summed E-state index contributed by atoms with van der Waals surface area (Å²) in [6, 6.07) is 14.7. The summed E-state index contributed by atoms with van der Waals surface area (Å²) in [5.41, 5.74) is 1.79. The zero-order chi connectivity index (χ0) is 21.8. The van der Waals surface area contributed by atoms with Crippen molar-refractivity contribution in [2.24, 2.45) is 0 Å². The smallest absolute Gasteiger partial charge is 0.344 e. The average Bonchev–Trinajstić information content (AvgIpc) is 3.28. The van der Waals surface area contributed by atoms with E-state index < -0.39 is 11.7 Å². The monoisotopic (exact) mass is 443 g/mol. The summed E-state index contributed by atoms with van der Waals surface area (Å²) in [5, 5.41) is 9.78. The van der Waals surface area contributed by atoms with Crippen LogP contribution in [0.3, 0.4) is 0 Å². The van der Waals surface area contributed by atoms with Gasteiger partial charge in [0.25, 0.3) is 0 Å². The van der Waals surface area contributed by atoms with Crippen LogP contribution in [0.5, 0.6) is 0 Å². The van der Waals surface area contributed by atoms with E-state index in [1.54, 1.807) is 24.3 Å². The van der Waals surface area contributed by atoms with Crippen LogP contribution in [0.25, 0.3) is 11.4 Å². The molecular weight excluding hydrogens is 423 g/mol. The van der Waals surface area contributed by atoms with Crippen LogP contribution >= 0.6 is 11.5 Å². The second-order valence-electron chi connectivity index (χ2n) is 7.36. The van der Waals surface area contributed by atoms with Crippen LogP contribution < -0.4 is 4.90 Å². The summed E-state index contributed by atoms with van der Waals surface area (Å²) >= 11 is 1.36. The highest BCUT2D eigenvalue weighted by Crippen LogP contribution is 2.29. The highest BCUT2D eigenvalue weighted by molar-refractivity contribution is 7.09. The Morgan fingerprint density at radius 1 is 0.968 bits per heavy atom. The molecule has 1 fully saturated rings. The fourth-order valence-electron chi connectivity index (χ4n) is 3.47. The van der Waals surface area contributed by atoms with E-state index in [4.69, 9.17) is 5.26 Å². The Hall–Kier alpha value is -2.96. The fourth-order valence-corrected chi connectivity index (χ4v) is 4.21. The van der Waals surface area contributed by atoms with Gasteiger partial charge >= 0.3 is 6.18 Å². The van der Waals surface area contributed by atoms with Gasteiger partial charge in [0.1, 0.15) is 0 Å². The van der Waals surface area contributed by atoms with Crippen molar-refractivity contribution in [1.82, 2.24) is 14.3 Å². The van der Waals surface area contributed by atoms with Crippen molar-refractivity contribution in [3.8, 4) is 17.5 Å². The molecule has 0 atom stereocenters. The molecule has 0 amide bonds. The zero-order valence-electron chi connectivity index (χ0n) is 16.6. The summed E-state index contributed by atoms with van der Waals surface area (Å²) in [5.74, 6) is 0.661. The lowest BCUT2D eigenvalue weighted by atomic mass is 10.1. The Balaban J connectivity index is 1.28. The van der Waals surface area contributed by atoms with Crippen LogP contribution in [-0.2, 0) is 12.6 Å². The van der Waals surface area contributed by atoms with Crippen molar-refractivity contribution in [3.05, 3.63) is 65.2 Å². The minimum atomic E-state index is -4.29. The number of aromatic nitrogens is 2. The lowest BCUT2D eigenvalue weighted by Crippen LogP contribution is -2.47. The van der Waals surface area contributed by atoms with Crippen molar-refractivity contribution < 1.29 is 13.2 Å². The molecule has 0 N–H and O–H groups in total. The first-order valence-corrected chi connectivity index (χ1v) is 10.7. The van der Waals surface area contributed by atoms with E-state index in [9.17, 15) is 13.2 Å². The van der Waals surface area contributed by atoms with Gasteiger partial charge in [-0.2, -0.15) is 27.8 Å². The Morgan fingerprint density at radius 3 is 2.26 bits per heavy atom. The van der Waals surface area contributed by atoms with Crippen LogP contribution in [0.2, 0.25) is 0 Å². The molecule has 5 nitrogen and oxygen atoms in total. The van der Waals surface area contributed by atoms with Crippen molar-refractivity contribution in [2.45, 2.75) is 12.6 Å². The highest BCUT2D eigenvalue weighted by Gasteiger charge is 2.30. The lowest BCUT2D eigenvalue weighted by molar-refractivity contribution is -0.137. The van der Waals surface area contributed by atoms with Gasteiger partial charge < -0.3 is 4.90 Å². The molecule has 0 spiro atoms. The number of anilines is 1. The van der Waals surface area contributed by atoms with E-state index >= 15 is 0 Å². The van der Waals surface area contributed by atoms with Gasteiger partial charge in [-0.1, -0.05) is 12.1 Å². The molecule has 0 bridgehead atoms. The summed E-state index contributed by atoms with van der Waals surface area (Å²) < 4.78 is 42.5. The molecule has 3 aromatic rings. The molecule has 0 unspecified atom stereocenters. The maximum Gasteiger partial charge on any atom is 0.416 e. The minimum absolute atomic E-state index is 0.603. The molecule has 31 heavy (non-hydrogen) atoms. The standard InChI is InChI=1S/C22H20F3N5S/c23-22(24,25)19-7-3-16(4-8-19)9-10-29-11-13-30(14-12-29)21-27-20(28-31-21)18-5-1-17(15-26)2-6-18/h1-8H,9-14H2. The predicted molar refractivity (Wildman–Crippen MR) is 114 cm³/mol. The quantitative estimate of drug-likeness (QED) is 0.583. The number of rotatable bonds is 5. The minimum Gasteiger partial charge on any atom is -0.344 e. The first-order chi connectivity index (χ1) is 14.9. The third-order valence-electron chi connectivity index (χ3n) is 5.33. The van der Waals surface area contributed by atoms with Crippen LogP contribution in [0.15, 0.2) is 48.5 Å².